The maximum absolute atomic E-state index is 13.9. The molecule has 2 aromatic carbocycles. The molecule has 144 valence electrons. The minimum absolute atomic E-state index is 0.0208. The molecule has 0 unspecified atom stereocenters. The van der Waals surface area contributed by atoms with Gasteiger partial charge in [0.05, 0.1) is 19.2 Å². The van der Waals surface area contributed by atoms with Crippen LogP contribution in [0, 0.1) is 17.5 Å². The smallest absolute Gasteiger partial charge is 0.224 e. The third-order valence-electron chi connectivity index (χ3n) is 3.87. The molecule has 8 heteroatoms. The molecule has 0 bridgehead atoms. The highest BCUT2D eigenvalue weighted by Gasteiger charge is 2.21. The Morgan fingerprint density at radius 1 is 1.04 bits per heavy atom. The van der Waals surface area contributed by atoms with Crippen LogP contribution in [0.15, 0.2) is 36.4 Å². The molecule has 0 aliphatic carbocycles. The topological polar surface area (TPSA) is 58.6 Å². The van der Waals surface area contributed by atoms with E-state index in [2.05, 4.69) is 5.32 Å². The van der Waals surface area contributed by atoms with Crippen molar-refractivity contribution < 1.29 is 27.5 Å². The van der Waals surface area contributed by atoms with Crippen LogP contribution in [0.25, 0.3) is 0 Å². The zero-order valence-electron chi connectivity index (χ0n) is 14.9. The van der Waals surface area contributed by atoms with Crippen LogP contribution < -0.4 is 15.0 Å². The first-order valence-corrected chi connectivity index (χ1v) is 8.14. The third kappa shape index (κ3) is 5.22. The van der Waals surface area contributed by atoms with Gasteiger partial charge < -0.3 is 15.0 Å². The monoisotopic (exact) mass is 380 g/mol. The standard InChI is InChI=1S/C19H19F3N2O3/c1-12(25)24(16-8-7-15(20)18(21)19(16)22)10-9-23-17(26)11-13-3-5-14(27-2)6-4-13/h3-8H,9-11H2,1-2H3,(H,23,26). The van der Waals surface area contributed by atoms with Crippen molar-refractivity contribution in [1.82, 2.24) is 5.32 Å². The van der Waals surface area contributed by atoms with Crippen LogP contribution in [0.2, 0.25) is 0 Å². The average molecular weight is 380 g/mol. The summed E-state index contributed by atoms with van der Waals surface area (Å²) in [5.41, 5.74) is 0.383. The number of nitrogens with zero attached hydrogens (tertiary/aromatic N) is 1. The van der Waals surface area contributed by atoms with Gasteiger partial charge in [-0.25, -0.2) is 13.2 Å². The number of hydrogen-bond donors (Lipinski definition) is 1. The summed E-state index contributed by atoms with van der Waals surface area (Å²) in [4.78, 5) is 24.7. The average Bonchev–Trinajstić information content (AvgIpc) is 2.64. The van der Waals surface area contributed by atoms with Crippen molar-refractivity contribution in [3.05, 3.63) is 59.4 Å². The van der Waals surface area contributed by atoms with Crippen molar-refractivity contribution in [3.8, 4) is 5.75 Å². The molecule has 2 rings (SSSR count). The van der Waals surface area contributed by atoms with Gasteiger partial charge >= 0.3 is 0 Å². The Kier molecular flexibility index (Phi) is 6.81. The zero-order valence-corrected chi connectivity index (χ0v) is 14.9. The van der Waals surface area contributed by atoms with Gasteiger partial charge in [-0.1, -0.05) is 12.1 Å². The van der Waals surface area contributed by atoms with Crippen LogP contribution in [0.4, 0.5) is 18.9 Å². The summed E-state index contributed by atoms with van der Waals surface area (Å²) in [6, 6.07) is 8.67. The van der Waals surface area contributed by atoms with Gasteiger partial charge in [0, 0.05) is 20.0 Å². The summed E-state index contributed by atoms with van der Waals surface area (Å²) in [5.74, 6) is -4.63. The van der Waals surface area contributed by atoms with Gasteiger partial charge in [0.2, 0.25) is 11.8 Å². The van der Waals surface area contributed by atoms with Gasteiger partial charge in [-0.15, -0.1) is 0 Å². The molecule has 2 amide bonds. The number of nitrogens with one attached hydrogen (secondary N) is 1. The van der Waals surface area contributed by atoms with Gasteiger partial charge in [-0.05, 0) is 29.8 Å². The number of carbonyl (C=O) groups is 2. The van der Waals surface area contributed by atoms with E-state index < -0.39 is 23.4 Å². The molecule has 2 aromatic rings. The van der Waals surface area contributed by atoms with Crippen LogP contribution in [-0.4, -0.2) is 32.0 Å². The highest BCUT2D eigenvalue weighted by atomic mass is 19.2. The number of amides is 2. The van der Waals surface area contributed by atoms with E-state index in [9.17, 15) is 22.8 Å². The van der Waals surface area contributed by atoms with Crippen molar-refractivity contribution in [1.29, 1.82) is 0 Å². The number of anilines is 1. The first-order valence-electron chi connectivity index (χ1n) is 8.14. The summed E-state index contributed by atoms with van der Waals surface area (Å²) in [5, 5.41) is 2.61. The van der Waals surface area contributed by atoms with Crippen molar-refractivity contribution in [2.45, 2.75) is 13.3 Å². The largest absolute Gasteiger partial charge is 0.497 e. The Labute approximate surface area is 154 Å². The second kappa shape index (κ2) is 9.07. The van der Waals surface area contributed by atoms with Gasteiger partial charge in [0.1, 0.15) is 5.75 Å². The van der Waals surface area contributed by atoms with Crippen LogP contribution >= 0.6 is 0 Å². The molecule has 0 radical (unpaired) electrons. The normalized spacial score (nSPS) is 10.4. The molecule has 0 saturated carbocycles. The lowest BCUT2D eigenvalue weighted by Gasteiger charge is -2.22. The Hall–Kier alpha value is -3.03. The van der Waals surface area contributed by atoms with Crippen molar-refractivity contribution in [2.75, 3.05) is 25.1 Å². The second-order valence-corrected chi connectivity index (χ2v) is 5.74. The van der Waals surface area contributed by atoms with E-state index in [1.54, 1.807) is 24.3 Å². The first kappa shape index (κ1) is 20.3. The maximum atomic E-state index is 13.9. The molecule has 0 atom stereocenters. The molecule has 27 heavy (non-hydrogen) atoms. The number of carbonyl (C=O) groups excluding carboxylic acids is 2. The van der Waals surface area contributed by atoms with E-state index in [1.165, 1.54) is 14.0 Å². The summed E-state index contributed by atoms with van der Waals surface area (Å²) in [7, 11) is 1.54. The highest BCUT2D eigenvalue weighted by molar-refractivity contribution is 5.91. The molecule has 0 fully saturated rings. The molecule has 0 heterocycles. The fourth-order valence-electron chi connectivity index (χ4n) is 2.47. The summed E-state index contributed by atoms with van der Waals surface area (Å²) in [6.07, 6.45) is 0.115. The van der Waals surface area contributed by atoms with Crippen LogP contribution in [0.5, 0.6) is 5.75 Å². The predicted molar refractivity (Wildman–Crippen MR) is 94.1 cm³/mol. The van der Waals surface area contributed by atoms with E-state index in [-0.39, 0.29) is 31.1 Å². The second-order valence-electron chi connectivity index (χ2n) is 5.74. The van der Waals surface area contributed by atoms with Crippen molar-refractivity contribution >= 4 is 17.5 Å². The first-order chi connectivity index (χ1) is 12.8. The Morgan fingerprint density at radius 3 is 2.30 bits per heavy atom. The van der Waals surface area contributed by atoms with Crippen molar-refractivity contribution in [3.63, 3.8) is 0 Å². The minimum Gasteiger partial charge on any atom is -0.497 e. The Bertz CT molecular complexity index is 826. The number of rotatable bonds is 7. The lowest BCUT2D eigenvalue weighted by Crippen LogP contribution is -2.38. The van der Waals surface area contributed by atoms with E-state index in [0.717, 1.165) is 22.6 Å². The van der Waals surface area contributed by atoms with E-state index in [0.29, 0.717) is 5.75 Å². The quantitative estimate of drug-likeness (QED) is 0.752. The molecular formula is C19H19F3N2O3. The molecular weight excluding hydrogens is 361 g/mol. The highest BCUT2D eigenvalue weighted by Crippen LogP contribution is 2.23. The number of benzene rings is 2. The molecule has 0 aliphatic rings. The number of hydrogen-bond acceptors (Lipinski definition) is 3. The third-order valence-corrected chi connectivity index (χ3v) is 3.87. The predicted octanol–water partition coefficient (Wildman–Crippen LogP) is 2.82. The van der Waals surface area contributed by atoms with E-state index in [1.807, 2.05) is 0 Å². The lowest BCUT2D eigenvalue weighted by atomic mass is 10.1. The van der Waals surface area contributed by atoms with Crippen molar-refractivity contribution in [2.24, 2.45) is 0 Å². The van der Waals surface area contributed by atoms with Gasteiger partial charge in [-0.2, -0.15) is 0 Å². The van der Waals surface area contributed by atoms with Gasteiger partial charge in [0.15, 0.2) is 17.5 Å². The molecule has 0 aromatic heterocycles. The van der Waals surface area contributed by atoms with E-state index in [4.69, 9.17) is 4.74 Å². The van der Waals surface area contributed by atoms with Gasteiger partial charge in [-0.3, -0.25) is 9.59 Å². The Balaban J connectivity index is 1.95. The molecule has 0 saturated heterocycles. The SMILES string of the molecule is COc1ccc(CC(=O)NCCN(C(C)=O)c2ccc(F)c(F)c2F)cc1. The van der Waals surface area contributed by atoms with Crippen LogP contribution in [0.3, 0.4) is 0 Å². The molecule has 0 aliphatic heterocycles. The maximum Gasteiger partial charge on any atom is 0.224 e. The summed E-state index contributed by atoms with van der Waals surface area (Å²) >= 11 is 0. The fraction of sp³-hybridized carbons (Fsp3) is 0.263. The summed E-state index contributed by atoms with van der Waals surface area (Å²) < 4.78 is 45.4. The Morgan fingerprint density at radius 2 is 1.70 bits per heavy atom. The molecule has 0 spiro atoms. The van der Waals surface area contributed by atoms with Crippen LogP contribution in [-0.2, 0) is 16.0 Å². The lowest BCUT2D eigenvalue weighted by molar-refractivity contribution is -0.121. The zero-order chi connectivity index (χ0) is 20.0. The molecule has 1 N–H and O–H groups in total. The number of ether oxygens (including phenoxy) is 1. The number of halogens is 3. The van der Waals surface area contributed by atoms with Crippen LogP contribution in [0.1, 0.15) is 12.5 Å². The fourth-order valence-corrected chi connectivity index (χ4v) is 2.47. The number of methoxy groups -OCH3 is 1. The molecule has 5 nitrogen and oxygen atoms in total. The van der Waals surface area contributed by atoms with E-state index >= 15 is 0 Å². The summed E-state index contributed by atoms with van der Waals surface area (Å²) in [6.45, 7) is 1.10. The van der Waals surface area contributed by atoms with Gasteiger partial charge in [0.25, 0.3) is 0 Å². The minimum atomic E-state index is -1.65.